The molecule has 1 heterocycles. The summed E-state index contributed by atoms with van der Waals surface area (Å²) in [6.07, 6.45) is 8.86. The fourth-order valence-electron chi connectivity index (χ4n) is 2.71. The van der Waals surface area contributed by atoms with Crippen LogP contribution < -0.4 is 10.6 Å². The van der Waals surface area contributed by atoms with Gasteiger partial charge in [-0.05, 0) is 19.8 Å². The molecule has 1 aliphatic carbocycles. The van der Waals surface area contributed by atoms with Crippen LogP contribution in [0.4, 0.5) is 5.95 Å². The molecule has 96 valence electrons. The van der Waals surface area contributed by atoms with Crippen molar-refractivity contribution in [2.75, 3.05) is 25.0 Å². The molecular weight excluding hydrogens is 212 g/mol. The Balaban J connectivity index is 2.19. The third-order valence-corrected chi connectivity index (χ3v) is 3.61. The summed E-state index contributed by atoms with van der Waals surface area (Å²) in [4.78, 5) is 6.81. The zero-order valence-corrected chi connectivity index (χ0v) is 11.0. The lowest BCUT2D eigenvalue weighted by atomic mass is 9.95. The van der Waals surface area contributed by atoms with Crippen molar-refractivity contribution in [3.63, 3.8) is 0 Å². The Bertz CT molecular complexity index is 352. The van der Waals surface area contributed by atoms with Crippen LogP contribution in [0, 0.1) is 6.92 Å². The molecule has 0 unspecified atom stereocenters. The SMILES string of the molecule is Cc1cn(C2CCCCC2)c(N(C)CCN)n1. The molecule has 0 radical (unpaired) electrons. The third-order valence-electron chi connectivity index (χ3n) is 3.61. The summed E-state index contributed by atoms with van der Waals surface area (Å²) < 4.78 is 2.37. The Morgan fingerprint density at radius 2 is 2.12 bits per heavy atom. The maximum absolute atomic E-state index is 5.62. The predicted octanol–water partition coefficient (Wildman–Crippen LogP) is 2.09. The van der Waals surface area contributed by atoms with Crippen molar-refractivity contribution >= 4 is 5.95 Å². The van der Waals surface area contributed by atoms with Crippen molar-refractivity contribution in [2.45, 2.75) is 45.1 Å². The van der Waals surface area contributed by atoms with Gasteiger partial charge in [-0.3, -0.25) is 0 Å². The third kappa shape index (κ3) is 2.80. The van der Waals surface area contributed by atoms with E-state index in [1.807, 2.05) is 0 Å². The molecule has 0 amide bonds. The van der Waals surface area contributed by atoms with Crippen molar-refractivity contribution in [1.29, 1.82) is 0 Å². The predicted molar refractivity (Wildman–Crippen MR) is 71.4 cm³/mol. The molecule has 0 saturated heterocycles. The van der Waals surface area contributed by atoms with Gasteiger partial charge in [-0.2, -0.15) is 0 Å². The zero-order valence-electron chi connectivity index (χ0n) is 11.0. The van der Waals surface area contributed by atoms with E-state index in [9.17, 15) is 0 Å². The first-order valence-electron chi connectivity index (χ1n) is 6.69. The number of rotatable bonds is 4. The molecule has 2 rings (SSSR count). The lowest BCUT2D eigenvalue weighted by Gasteiger charge is -2.27. The Morgan fingerprint density at radius 1 is 1.41 bits per heavy atom. The molecular formula is C13H24N4. The first kappa shape index (κ1) is 12.4. The summed E-state index contributed by atoms with van der Waals surface area (Å²) in [5.74, 6) is 1.08. The minimum absolute atomic E-state index is 0.639. The van der Waals surface area contributed by atoms with Crippen LogP contribution in [-0.4, -0.2) is 29.7 Å². The van der Waals surface area contributed by atoms with Crippen LogP contribution in [0.25, 0.3) is 0 Å². The minimum atomic E-state index is 0.639. The molecule has 1 fully saturated rings. The van der Waals surface area contributed by atoms with Crippen LogP contribution >= 0.6 is 0 Å². The van der Waals surface area contributed by atoms with Crippen LogP contribution in [-0.2, 0) is 0 Å². The number of nitrogens with zero attached hydrogens (tertiary/aromatic N) is 3. The fourth-order valence-corrected chi connectivity index (χ4v) is 2.71. The monoisotopic (exact) mass is 236 g/mol. The molecule has 0 atom stereocenters. The quantitative estimate of drug-likeness (QED) is 0.870. The zero-order chi connectivity index (χ0) is 12.3. The van der Waals surface area contributed by atoms with Gasteiger partial charge in [-0.15, -0.1) is 0 Å². The highest BCUT2D eigenvalue weighted by Gasteiger charge is 2.20. The van der Waals surface area contributed by atoms with E-state index in [0.717, 1.165) is 18.2 Å². The molecule has 1 saturated carbocycles. The molecule has 17 heavy (non-hydrogen) atoms. The van der Waals surface area contributed by atoms with Gasteiger partial charge in [-0.1, -0.05) is 19.3 Å². The maximum atomic E-state index is 5.62. The van der Waals surface area contributed by atoms with E-state index in [1.165, 1.54) is 32.1 Å². The summed E-state index contributed by atoms with van der Waals surface area (Å²) in [6, 6.07) is 0.639. The van der Waals surface area contributed by atoms with Gasteiger partial charge in [0.1, 0.15) is 0 Å². The van der Waals surface area contributed by atoms with E-state index in [4.69, 9.17) is 5.73 Å². The van der Waals surface area contributed by atoms with Crippen LogP contribution in [0.15, 0.2) is 6.20 Å². The maximum Gasteiger partial charge on any atom is 0.205 e. The second kappa shape index (κ2) is 5.54. The smallest absolute Gasteiger partial charge is 0.205 e. The van der Waals surface area contributed by atoms with Gasteiger partial charge in [-0.25, -0.2) is 4.98 Å². The molecule has 4 nitrogen and oxygen atoms in total. The Morgan fingerprint density at radius 3 is 2.76 bits per heavy atom. The summed E-state index contributed by atoms with van der Waals surface area (Å²) in [5, 5.41) is 0. The van der Waals surface area contributed by atoms with Crippen molar-refractivity contribution in [2.24, 2.45) is 5.73 Å². The lowest BCUT2D eigenvalue weighted by molar-refractivity contribution is 0.353. The molecule has 0 aromatic carbocycles. The average Bonchev–Trinajstić information content (AvgIpc) is 2.73. The summed E-state index contributed by atoms with van der Waals surface area (Å²) in [6.45, 7) is 3.61. The van der Waals surface area contributed by atoms with Crippen molar-refractivity contribution in [1.82, 2.24) is 9.55 Å². The van der Waals surface area contributed by atoms with Gasteiger partial charge in [0.2, 0.25) is 5.95 Å². The second-order valence-electron chi connectivity index (χ2n) is 5.09. The number of hydrogen-bond acceptors (Lipinski definition) is 3. The summed E-state index contributed by atoms with van der Waals surface area (Å²) in [7, 11) is 2.08. The first-order chi connectivity index (χ1) is 8.22. The van der Waals surface area contributed by atoms with Gasteiger partial charge >= 0.3 is 0 Å². The largest absolute Gasteiger partial charge is 0.344 e. The molecule has 0 aliphatic heterocycles. The molecule has 0 bridgehead atoms. The lowest BCUT2D eigenvalue weighted by Crippen LogP contribution is -2.29. The number of nitrogens with two attached hydrogens (primary N) is 1. The highest BCUT2D eigenvalue weighted by Crippen LogP contribution is 2.31. The van der Waals surface area contributed by atoms with E-state index >= 15 is 0 Å². The molecule has 4 heteroatoms. The normalized spacial score (nSPS) is 17.4. The van der Waals surface area contributed by atoms with Crippen molar-refractivity contribution in [3.8, 4) is 0 Å². The molecule has 1 aliphatic rings. The molecule has 2 N–H and O–H groups in total. The van der Waals surface area contributed by atoms with Gasteiger partial charge in [0.15, 0.2) is 0 Å². The molecule has 1 aromatic rings. The highest BCUT2D eigenvalue weighted by molar-refractivity contribution is 5.33. The van der Waals surface area contributed by atoms with E-state index in [2.05, 4.69) is 34.6 Å². The van der Waals surface area contributed by atoms with Gasteiger partial charge in [0, 0.05) is 32.4 Å². The number of anilines is 1. The minimum Gasteiger partial charge on any atom is -0.344 e. The second-order valence-corrected chi connectivity index (χ2v) is 5.09. The topological polar surface area (TPSA) is 47.1 Å². The fraction of sp³-hybridized carbons (Fsp3) is 0.769. The van der Waals surface area contributed by atoms with E-state index in [0.29, 0.717) is 12.6 Å². The van der Waals surface area contributed by atoms with Crippen molar-refractivity contribution < 1.29 is 0 Å². The van der Waals surface area contributed by atoms with Crippen LogP contribution in [0.5, 0.6) is 0 Å². The van der Waals surface area contributed by atoms with E-state index < -0.39 is 0 Å². The number of aryl methyl sites for hydroxylation is 1. The molecule has 1 aromatic heterocycles. The Kier molecular flexibility index (Phi) is 4.05. The summed E-state index contributed by atoms with van der Waals surface area (Å²) >= 11 is 0. The van der Waals surface area contributed by atoms with Crippen molar-refractivity contribution in [3.05, 3.63) is 11.9 Å². The number of hydrogen-bond donors (Lipinski definition) is 1. The van der Waals surface area contributed by atoms with Crippen LogP contribution in [0.1, 0.15) is 43.8 Å². The van der Waals surface area contributed by atoms with Gasteiger partial charge < -0.3 is 15.2 Å². The average molecular weight is 236 g/mol. The standard InChI is InChI=1S/C13H24N4/c1-11-10-17(12-6-4-3-5-7-12)13(15-11)16(2)9-8-14/h10,12H,3-9,14H2,1-2H3. The van der Waals surface area contributed by atoms with E-state index in [-0.39, 0.29) is 0 Å². The number of likely N-dealkylation sites (N-methyl/N-ethyl adjacent to an activating group) is 1. The Hall–Kier alpha value is -1.03. The first-order valence-corrected chi connectivity index (χ1v) is 6.69. The number of imidazole rings is 1. The Labute approximate surface area is 104 Å². The summed E-state index contributed by atoms with van der Waals surface area (Å²) in [5.41, 5.74) is 6.73. The van der Waals surface area contributed by atoms with Gasteiger partial charge in [0.25, 0.3) is 0 Å². The highest BCUT2D eigenvalue weighted by atomic mass is 15.3. The van der Waals surface area contributed by atoms with Crippen LogP contribution in [0.2, 0.25) is 0 Å². The number of aromatic nitrogens is 2. The van der Waals surface area contributed by atoms with E-state index in [1.54, 1.807) is 0 Å². The van der Waals surface area contributed by atoms with Crippen LogP contribution in [0.3, 0.4) is 0 Å². The van der Waals surface area contributed by atoms with Gasteiger partial charge in [0.05, 0.1) is 5.69 Å². The molecule has 0 spiro atoms.